The first-order valence-electron chi connectivity index (χ1n) is 8.40. The SMILES string of the molecule is O=C(NC[C@@H](O)c1ccccn1)c1cnc(OC2CCOCC2)c(Cl)c1. The van der Waals surface area contributed by atoms with Gasteiger partial charge in [-0.15, -0.1) is 0 Å². The molecule has 1 amide bonds. The maximum Gasteiger partial charge on any atom is 0.253 e. The zero-order valence-corrected chi connectivity index (χ0v) is 14.9. The molecule has 1 fully saturated rings. The summed E-state index contributed by atoms with van der Waals surface area (Å²) in [6, 6.07) is 6.73. The van der Waals surface area contributed by atoms with Gasteiger partial charge in [-0.1, -0.05) is 17.7 Å². The highest BCUT2D eigenvalue weighted by Crippen LogP contribution is 2.25. The molecule has 3 heterocycles. The van der Waals surface area contributed by atoms with E-state index < -0.39 is 6.10 Å². The highest BCUT2D eigenvalue weighted by Gasteiger charge is 2.19. The molecule has 26 heavy (non-hydrogen) atoms. The van der Waals surface area contributed by atoms with E-state index in [0.717, 1.165) is 12.8 Å². The minimum absolute atomic E-state index is 0.0157. The fourth-order valence-electron chi connectivity index (χ4n) is 2.56. The predicted molar refractivity (Wildman–Crippen MR) is 95.2 cm³/mol. The number of amides is 1. The summed E-state index contributed by atoms with van der Waals surface area (Å²) < 4.78 is 11.1. The Bertz CT molecular complexity index is 738. The van der Waals surface area contributed by atoms with Crippen LogP contribution in [0.15, 0.2) is 36.7 Å². The molecule has 0 spiro atoms. The molecule has 138 valence electrons. The summed E-state index contributed by atoms with van der Waals surface area (Å²) in [6.45, 7) is 1.34. The topological polar surface area (TPSA) is 93.6 Å². The van der Waals surface area contributed by atoms with Gasteiger partial charge in [-0.2, -0.15) is 0 Å². The Balaban J connectivity index is 1.56. The fraction of sp³-hybridized carbons (Fsp3) is 0.389. The third-order valence-electron chi connectivity index (χ3n) is 4.00. The maximum absolute atomic E-state index is 12.2. The van der Waals surface area contributed by atoms with E-state index in [9.17, 15) is 9.90 Å². The lowest BCUT2D eigenvalue weighted by Gasteiger charge is -2.23. The molecule has 0 bridgehead atoms. The van der Waals surface area contributed by atoms with Gasteiger partial charge in [0.1, 0.15) is 17.2 Å². The summed E-state index contributed by atoms with van der Waals surface area (Å²) in [5, 5.41) is 13.0. The van der Waals surface area contributed by atoms with Crippen LogP contribution in [0.5, 0.6) is 5.88 Å². The number of nitrogens with zero attached hydrogens (tertiary/aromatic N) is 2. The van der Waals surface area contributed by atoms with Gasteiger partial charge in [-0.25, -0.2) is 4.98 Å². The molecule has 1 saturated heterocycles. The molecule has 0 unspecified atom stereocenters. The Morgan fingerprint density at radius 1 is 1.38 bits per heavy atom. The minimum atomic E-state index is -0.889. The van der Waals surface area contributed by atoms with E-state index in [0.29, 0.717) is 30.4 Å². The average molecular weight is 378 g/mol. The molecule has 2 aromatic heterocycles. The highest BCUT2D eigenvalue weighted by molar-refractivity contribution is 6.32. The zero-order chi connectivity index (χ0) is 18.4. The van der Waals surface area contributed by atoms with Crippen LogP contribution < -0.4 is 10.1 Å². The predicted octanol–water partition coefficient (Wildman–Crippen LogP) is 2.15. The lowest BCUT2D eigenvalue weighted by atomic mass is 10.1. The molecule has 0 aliphatic carbocycles. The van der Waals surface area contributed by atoms with E-state index in [-0.39, 0.29) is 23.6 Å². The molecule has 1 atom stereocenters. The molecular weight excluding hydrogens is 358 g/mol. The lowest BCUT2D eigenvalue weighted by Crippen LogP contribution is -2.29. The Kier molecular flexibility index (Phi) is 6.38. The summed E-state index contributed by atoms with van der Waals surface area (Å²) in [7, 11) is 0. The van der Waals surface area contributed by atoms with E-state index in [1.165, 1.54) is 12.3 Å². The first kappa shape index (κ1) is 18.6. The van der Waals surface area contributed by atoms with E-state index in [1.54, 1.807) is 24.4 Å². The van der Waals surface area contributed by atoms with Crippen LogP contribution in [0.2, 0.25) is 5.02 Å². The third kappa shape index (κ3) is 4.91. The maximum atomic E-state index is 12.2. The zero-order valence-electron chi connectivity index (χ0n) is 14.1. The van der Waals surface area contributed by atoms with Gasteiger partial charge in [0.25, 0.3) is 5.91 Å². The number of hydrogen-bond acceptors (Lipinski definition) is 6. The van der Waals surface area contributed by atoms with Gasteiger partial charge in [-0.3, -0.25) is 9.78 Å². The normalized spacial score (nSPS) is 16.1. The van der Waals surface area contributed by atoms with Gasteiger partial charge in [0, 0.05) is 31.8 Å². The monoisotopic (exact) mass is 377 g/mol. The number of aliphatic hydroxyl groups excluding tert-OH is 1. The van der Waals surface area contributed by atoms with Crippen molar-refractivity contribution in [3.05, 3.63) is 52.9 Å². The number of carbonyl (C=O) groups is 1. The molecule has 0 aromatic carbocycles. The number of ether oxygens (including phenoxy) is 2. The molecule has 1 aliphatic heterocycles. The molecule has 8 heteroatoms. The second kappa shape index (κ2) is 8.93. The first-order chi connectivity index (χ1) is 12.6. The Hall–Kier alpha value is -2.22. The van der Waals surface area contributed by atoms with Crippen LogP contribution in [0, 0.1) is 0 Å². The van der Waals surface area contributed by atoms with Crippen LogP contribution in [0.1, 0.15) is 35.0 Å². The quantitative estimate of drug-likeness (QED) is 0.801. The average Bonchev–Trinajstić information content (AvgIpc) is 2.69. The second-order valence-electron chi connectivity index (χ2n) is 5.92. The molecule has 0 saturated carbocycles. The van der Waals surface area contributed by atoms with E-state index >= 15 is 0 Å². The van der Waals surface area contributed by atoms with Crippen molar-refractivity contribution >= 4 is 17.5 Å². The minimum Gasteiger partial charge on any atom is -0.473 e. The van der Waals surface area contributed by atoms with Gasteiger partial charge >= 0.3 is 0 Å². The van der Waals surface area contributed by atoms with E-state index in [2.05, 4.69) is 15.3 Å². The molecule has 1 aliphatic rings. The third-order valence-corrected chi connectivity index (χ3v) is 4.27. The van der Waals surface area contributed by atoms with E-state index in [1.807, 2.05) is 0 Å². The number of pyridine rings is 2. The standard InChI is InChI=1S/C18H20ClN3O4/c19-14-9-12(10-22-18(14)26-13-4-7-25-8-5-13)17(24)21-11-16(23)15-3-1-2-6-20-15/h1-3,6,9-10,13,16,23H,4-5,7-8,11H2,(H,21,24)/t16-/m1/s1. The van der Waals surface area contributed by atoms with Crippen LogP contribution in [0.25, 0.3) is 0 Å². The van der Waals surface area contributed by atoms with Crippen LogP contribution >= 0.6 is 11.6 Å². The van der Waals surface area contributed by atoms with Crippen molar-refractivity contribution in [2.45, 2.75) is 25.0 Å². The van der Waals surface area contributed by atoms with Crippen molar-refractivity contribution in [3.8, 4) is 5.88 Å². The van der Waals surface area contributed by atoms with Crippen molar-refractivity contribution in [1.29, 1.82) is 0 Å². The Morgan fingerprint density at radius 2 is 2.19 bits per heavy atom. The van der Waals surface area contributed by atoms with Crippen LogP contribution in [0.3, 0.4) is 0 Å². The molecule has 7 nitrogen and oxygen atoms in total. The summed E-state index contributed by atoms with van der Waals surface area (Å²) >= 11 is 6.19. The smallest absolute Gasteiger partial charge is 0.253 e. The van der Waals surface area contributed by atoms with Gasteiger partial charge < -0.3 is 19.9 Å². The van der Waals surface area contributed by atoms with Crippen LogP contribution in [-0.4, -0.2) is 46.8 Å². The highest BCUT2D eigenvalue weighted by atomic mass is 35.5. The van der Waals surface area contributed by atoms with Gasteiger partial charge in [0.05, 0.1) is 24.5 Å². The van der Waals surface area contributed by atoms with Crippen molar-refractivity contribution in [2.24, 2.45) is 0 Å². The number of aromatic nitrogens is 2. The summed E-state index contributed by atoms with van der Waals surface area (Å²) in [6.07, 6.45) is 3.68. The summed E-state index contributed by atoms with van der Waals surface area (Å²) in [4.78, 5) is 20.4. The number of rotatable bonds is 6. The van der Waals surface area contributed by atoms with Gasteiger partial charge in [0.2, 0.25) is 5.88 Å². The van der Waals surface area contributed by atoms with Gasteiger partial charge in [-0.05, 0) is 18.2 Å². The largest absolute Gasteiger partial charge is 0.473 e. The second-order valence-corrected chi connectivity index (χ2v) is 6.33. The molecular formula is C18H20ClN3O4. The van der Waals surface area contributed by atoms with Crippen molar-refractivity contribution in [1.82, 2.24) is 15.3 Å². The Morgan fingerprint density at radius 3 is 2.88 bits per heavy atom. The number of halogens is 1. The van der Waals surface area contributed by atoms with E-state index in [4.69, 9.17) is 21.1 Å². The van der Waals surface area contributed by atoms with Crippen molar-refractivity contribution in [3.63, 3.8) is 0 Å². The van der Waals surface area contributed by atoms with Crippen molar-refractivity contribution in [2.75, 3.05) is 19.8 Å². The molecule has 0 radical (unpaired) electrons. The van der Waals surface area contributed by atoms with Gasteiger partial charge in [0.15, 0.2) is 0 Å². The van der Waals surface area contributed by atoms with Crippen LogP contribution in [-0.2, 0) is 4.74 Å². The lowest BCUT2D eigenvalue weighted by molar-refractivity contribution is 0.0238. The molecule has 3 rings (SSSR count). The molecule has 2 aromatic rings. The Labute approximate surface area is 156 Å². The summed E-state index contributed by atoms with van der Waals surface area (Å²) in [5.41, 5.74) is 0.784. The number of hydrogen-bond donors (Lipinski definition) is 2. The van der Waals surface area contributed by atoms with Crippen LogP contribution in [0.4, 0.5) is 0 Å². The van der Waals surface area contributed by atoms with Crippen molar-refractivity contribution < 1.29 is 19.4 Å². The molecule has 2 N–H and O–H groups in total. The number of aliphatic hydroxyl groups is 1. The fourth-order valence-corrected chi connectivity index (χ4v) is 2.77. The number of carbonyl (C=O) groups excluding carboxylic acids is 1. The summed E-state index contributed by atoms with van der Waals surface area (Å²) in [5.74, 6) is -0.0735. The number of nitrogens with one attached hydrogen (secondary N) is 1. The first-order valence-corrected chi connectivity index (χ1v) is 8.78.